The van der Waals surface area contributed by atoms with E-state index in [4.69, 9.17) is 0 Å². The van der Waals surface area contributed by atoms with Crippen LogP contribution in [0.5, 0.6) is 0 Å². The first-order valence-corrected chi connectivity index (χ1v) is 8.68. The quantitative estimate of drug-likeness (QED) is 0.771. The highest BCUT2D eigenvalue weighted by atomic mass is 79.9. The number of rotatable bonds is 4. The number of likely N-dealkylation sites (tertiary alicyclic amines) is 1. The van der Waals surface area contributed by atoms with E-state index in [9.17, 15) is 5.11 Å². The SMILES string of the molecule is C[N+]1(C)CCCCC1CC(O)(c1ccccc1)c1ccccc1.[Br-]. The molecule has 3 rings (SSSR count). The minimum absolute atomic E-state index is 0. The third-order valence-corrected chi connectivity index (χ3v) is 5.54. The van der Waals surface area contributed by atoms with E-state index >= 15 is 0 Å². The zero-order chi connectivity index (χ0) is 16.3. The number of hydrogen-bond donors (Lipinski definition) is 1. The van der Waals surface area contributed by atoms with Gasteiger partial charge < -0.3 is 26.6 Å². The van der Waals surface area contributed by atoms with Gasteiger partial charge in [0.1, 0.15) is 5.60 Å². The molecule has 1 N–H and O–H groups in total. The Bertz CT molecular complexity index is 587. The van der Waals surface area contributed by atoms with E-state index in [1.165, 1.54) is 25.8 Å². The number of piperidine rings is 1. The molecule has 0 bridgehead atoms. The standard InChI is InChI=1S/C21H28NO.BrH/c1-22(2)16-10-9-15-20(22)17-21(23,18-11-5-3-6-12-18)19-13-7-4-8-14-19;/h3-8,11-14,20,23H,9-10,15-17H2,1-2H3;1H/q+1;/p-1. The Morgan fingerprint density at radius 1 is 0.917 bits per heavy atom. The van der Waals surface area contributed by atoms with Crippen LogP contribution in [0, 0.1) is 0 Å². The van der Waals surface area contributed by atoms with Gasteiger partial charge in [0.25, 0.3) is 0 Å². The first-order valence-electron chi connectivity index (χ1n) is 8.68. The summed E-state index contributed by atoms with van der Waals surface area (Å²) in [5.74, 6) is 0. The molecule has 1 unspecified atom stereocenters. The van der Waals surface area contributed by atoms with Gasteiger partial charge in [-0.2, -0.15) is 0 Å². The van der Waals surface area contributed by atoms with Gasteiger partial charge in [0.05, 0.1) is 26.7 Å². The Balaban J connectivity index is 0.00000208. The van der Waals surface area contributed by atoms with Gasteiger partial charge in [0.2, 0.25) is 0 Å². The maximum Gasteiger partial charge on any atom is 0.120 e. The van der Waals surface area contributed by atoms with Crippen LogP contribution in [0.1, 0.15) is 36.8 Å². The Morgan fingerprint density at radius 3 is 1.88 bits per heavy atom. The van der Waals surface area contributed by atoms with Gasteiger partial charge in [-0.25, -0.2) is 0 Å². The summed E-state index contributed by atoms with van der Waals surface area (Å²) in [7, 11) is 4.61. The van der Waals surface area contributed by atoms with E-state index in [-0.39, 0.29) is 17.0 Å². The van der Waals surface area contributed by atoms with Crippen molar-refractivity contribution in [1.82, 2.24) is 0 Å². The third-order valence-electron chi connectivity index (χ3n) is 5.54. The fourth-order valence-corrected chi connectivity index (χ4v) is 3.95. The van der Waals surface area contributed by atoms with Crippen LogP contribution in [0.15, 0.2) is 60.7 Å². The van der Waals surface area contributed by atoms with Gasteiger partial charge in [0, 0.05) is 6.42 Å². The average Bonchev–Trinajstić information content (AvgIpc) is 2.58. The lowest BCUT2D eigenvalue weighted by molar-refractivity contribution is -0.921. The summed E-state index contributed by atoms with van der Waals surface area (Å²) in [6, 6.07) is 20.8. The van der Waals surface area contributed by atoms with Gasteiger partial charge in [-0.3, -0.25) is 0 Å². The molecule has 24 heavy (non-hydrogen) atoms. The van der Waals surface area contributed by atoms with Crippen molar-refractivity contribution < 1.29 is 26.6 Å². The van der Waals surface area contributed by atoms with Gasteiger partial charge >= 0.3 is 0 Å². The van der Waals surface area contributed by atoms with Gasteiger partial charge in [-0.05, 0) is 30.4 Å². The van der Waals surface area contributed by atoms with E-state index in [0.717, 1.165) is 22.0 Å². The summed E-state index contributed by atoms with van der Waals surface area (Å²) in [6.45, 7) is 1.20. The highest BCUT2D eigenvalue weighted by molar-refractivity contribution is 5.36. The molecule has 1 heterocycles. The molecule has 0 amide bonds. The van der Waals surface area contributed by atoms with Crippen LogP contribution in [-0.2, 0) is 5.60 Å². The summed E-state index contributed by atoms with van der Waals surface area (Å²) in [4.78, 5) is 0. The summed E-state index contributed by atoms with van der Waals surface area (Å²) < 4.78 is 1.00. The van der Waals surface area contributed by atoms with Crippen LogP contribution < -0.4 is 17.0 Å². The molecular weight excluding hydrogens is 362 g/mol. The molecule has 0 spiro atoms. The first-order chi connectivity index (χ1) is 11.0. The largest absolute Gasteiger partial charge is 1.00 e. The molecule has 1 aliphatic heterocycles. The number of halogens is 1. The van der Waals surface area contributed by atoms with E-state index in [2.05, 4.69) is 38.4 Å². The molecule has 0 radical (unpaired) electrons. The molecule has 0 aliphatic carbocycles. The Labute approximate surface area is 156 Å². The van der Waals surface area contributed by atoms with Crippen LogP contribution in [-0.4, -0.2) is 36.3 Å². The third kappa shape index (κ3) is 3.90. The minimum atomic E-state index is -0.917. The average molecular weight is 390 g/mol. The monoisotopic (exact) mass is 389 g/mol. The van der Waals surface area contributed by atoms with E-state index < -0.39 is 5.60 Å². The molecule has 1 saturated heterocycles. The number of nitrogens with zero attached hydrogens (tertiary/aromatic N) is 1. The van der Waals surface area contributed by atoms with Crippen molar-refractivity contribution in [3.05, 3.63) is 71.8 Å². The zero-order valence-corrected chi connectivity index (χ0v) is 16.2. The molecule has 3 heteroatoms. The number of benzene rings is 2. The minimum Gasteiger partial charge on any atom is -1.00 e. The maximum atomic E-state index is 11.7. The lowest BCUT2D eigenvalue weighted by Crippen LogP contribution is -3.00. The lowest BCUT2D eigenvalue weighted by Gasteiger charge is -2.45. The topological polar surface area (TPSA) is 20.2 Å². The lowest BCUT2D eigenvalue weighted by atomic mass is 9.79. The molecule has 1 atom stereocenters. The van der Waals surface area contributed by atoms with E-state index in [1.54, 1.807) is 0 Å². The Kier molecular flexibility index (Phi) is 6.24. The van der Waals surface area contributed by atoms with Crippen LogP contribution in [0.4, 0.5) is 0 Å². The molecule has 130 valence electrons. The molecule has 0 saturated carbocycles. The number of hydrogen-bond acceptors (Lipinski definition) is 1. The van der Waals surface area contributed by atoms with Crippen LogP contribution >= 0.6 is 0 Å². The fraction of sp³-hybridized carbons (Fsp3) is 0.429. The maximum absolute atomic E-state index is 11.7. The normalized spacial score (nSPS) is 20.2. The summed E-state index contributed by atoms with van der Waals surface area (Å²) in [5, 5.41) is 11.7. The van der Waals surface area contributed by atoms with Crippen molar-refractivity contribution in [1.29, 1.82) is 0 Å². The number of quaternary nitrogens is 1. The molecule has 1 fully saturated rings. The van der Waals surface area contributed by atoms with Crippen molar-refractivity contribution >= 4 is 0 Å². The van der Waals surface area contributed by atoms with Crippen LogP contribution in [0.2, 0.25) is 0 Å². The smallest absolute Gasteiger partial charge is 0.120 e. The van der Waals surface area contributed by atoms with Crippen LogP contribution in [0.25, 0.3) is 0 Å². The predicted molar refractivity (Wildman–Crippen MR) is 95.1 cm³/mol. The van der Waals surface area contributed by atoms with Crippen molar-refractivity contribution in [2.24, 2.45) is 0 Å². The Hall–Kier alpha value is -1.16. The molecule has 2 aromatic carbocycles. The van der Waals surface area contributed by atoms with Crippen molar-refractivity contribution in [3.63, 3.8) is 0 Å². The van der Waals surface area contributed by atoms with Gasteiger partial charge in [-0.15, -0.1) is 0 Å². The highest BCUT2D eigenvalue weighted by Gasteiger charge is 2.41. The molecule has 0 aromatic heterocycles. The summed E-state index contributed by atoms with van der Waals surface area (Å²) in [5.41, 5.74) is 1.08. The fourth-order valence-electron chi connectivity index (χ4n) is 3.95. The van der Waals surface area contributed by atoms with Crippen molar-refractivity contribution in [2.45, 2.75) is 37.3 Å². The predicted octanol–water partition coefficient (Wildman–Crippen LogP) is 0.945. The van der Waals surface area contributed by atoms with Gasteiger partial charge in [0.15, 0.2) is 0 Å². The number of aliphatic hydroxyl groups is 1. The Morgan fingerprint density at radius 2 is 1.42 bits per heavy atom. The second-order valence-corrected chi connectivity index (χ2v) is 7.45. The molecule has 1 aliphatic rings. The molecule has 2 aromatic rings. The van der Waals surface area contributed by atoms with Crippen LogP contribution in [0.3, 0.4) is 0 Å². The summed E-state index contributed by atoms with van der Waals surface area (Å²) >= 11 is 0. The van der Waals surface area contributed by atoms with Crippen molar-refractivity contribution in [2.75, 3.05) is 20.6 Å². The highest BCUT2D eigenvalue weighted by Crippen LogP contribution is 2.38. The zero-order valence-electron chi connectivity index (χ0n) is 14.7. The first kappa shape index (κ1) is 19.2. The molecule has 2 nitrogen and oxygen atoms in total. The van der Waals surface area contributed by atoms with Gasteiger partial charge in [-0.1, -0.05) is 60.7 Å². The molecular formula is C21H28BrNO. The summed E-state index contributed by atoms with van der Waals surface area (Å²) in [6.07, 6.45) is 4.52. The van der Waals surface area contributed by atoms with Crippen molar-refractivity contribution in [3.8, 4) is 0 Å². The van der Waals surface area contributed by atoms with E-state index in [0.29, 0.717) is 6.04 Å². The second kappa shape index (κ2) is 7.81. The second-order valence-electron chi connectivity index (χ2n) is 7.45. The van der Waals surface area contributed by atoms with E-state index in [1.807, 2.05) is 36.4 Å².